The molecule has 2 N–H and O–H groups in total. The molecule has 0 spiro atoms. The summed E-state index contributed by atoms with van der Waals surface area (Å²) in [5, 5.41) is 11.4. The minimum absolute atomic E-state index is 0.0372. The van der Waals surface area contributed by atoms with E-state index >= 15 is 0 Å². The molecule has 1 aromatic heterocycles. The Kier molecular flexibility index (Phi) is 7.72. The number of carbonyl (C=O) groups is 2. The van der Waals surface area contributed by atoms with E-state index in [-0.39, 0.29) is 17.3 Å². The van der Waals surface area contributed by atoms with E-state index in [0.29, 0.717) is 46.0 Å². The summed E-state index contributed by atoms with van der Waals surface area (Å²) in [6.45, 7) is 2.73. The number of carbonyl (C=O) groups excluding carboxylic acids is 2. The smallest absolute Gasteiger partial charge is 0.302 e. The molecule has 0 radical (unpaired) electrons. The quantitative estimate of drug-likeness (QED) is 0.113. The summed E-state index contributed by atoms with van der Waals surface area (Å²) in [6, 6.07) is 18.2. The molecule has 1 amide bonds. The van der Waals surface area contributed by atoms with Gasteiger partial charge in [0.15, 0.2) is 0 Å². The van der Waals surface area contributed by atoms with Gasteiger partial charge in [-0.25, -0.2) is 4.98 Å². The van der Waals surface area contributed by atoms with Crippen LogP contribution in [0.15, 0.2) is 72.3 Å². The number of ketones is 1. The second-order valence-electron chi connectivity index (χ2n) is 9.47. The number of benzene rings is 3. The second kappa shape index (κ2) is 11.5. The van der Waals surface area contributed by atoms with E-state index in [9.17, 15) is 14.7 Å². The Balaban J connectivity index is 1.57. The van der Waals surface area contributed by atoms with Gasteiger partial charge >= 0.3 is 5.91 Å². The van der Waals surface area contributed by atoms with E-state index in [4.69, 9.17) is 14.2 Å². The number of ether oxygens (including phenoxy) is 3. The maximum Gasteiger partial charge on any atom is 0.302 e. The van der Waals surface area contributed by atoms with Crippen LogP contribution in [0, 0.1) is 0 Å². The van der Waals surface area contributed by atoms with Gasteiger partial charge in [-0.2, -0.15) is 0 Å². The van der Waals surface area contributed by atoms with Gasteiger partial charge in [-0.3, -0.25) is 14.5 Å². The SMILES string of the molecule is CCCCCOc1ccc(/C(O)=C2\C(=O)C(=O)N(c3nc4ccc(OC)cc4[nH]3)C2c2ccc(OC)cc2)cc1. The third kappa shape index (κ3) is 5.10. The average Bonchev–Trinajstić information content (AvgIpc) is 3.52. The normalized spacial score (nSPS) is 16.5. The van der Waals surface area contributed by atoms with Gasteiger partial charge in [0.05, 0.1) is 43.5 Å². The highest BCUT2D eigenvalue weighted by molar-refractivity contribution is 6.51. The molecule has 1 aliphatic rings. The van der Waals surface area contributed by atoms with Crippen molar-refractivity contribution in [2.24, 2.45) is 0 Å². The number of rotatable bonds is 10. The standard InChI is InChI=1S/C31H31N3O6/c1-4-5-6-17-40-22-13-9-20(10-14-22)28(35)26-27(19-7-11-21(38-2)12-8-19)34(30(37)29(26)36)31-32-24-16-15-23(39-3)18-25(24)33-31/h7-16,18,27,35H,4-6,17H2,1-3H3,(H,32,33)/b28-26+. The Morgan fingerprint density at radius 3 is 2.27 bits per heavy atom. The van der Waals surface area contributed by atoms with Gasteiger partial charge in [-0.05, 0) is 60.5 Å². The number of aromatic nitrogens is 2. The molecule has 3 aromatic carbocycles. The third-order valence-electron chi connectivity index (χ3n) is 6.93. The summed E-state index contributed by atoms with van der Waals surface area (Å²) in [7, 11) is 3.12. The van der Waals surface area contributed by atoms with Crippen LogP contribution in [0.1, 0.15) is 43.4 Å². The summed E-state index contributed by atoms with van der Waals surface area (Å²) in [5.41, 5.74) is 2.20. The minimum Gasteiger partial charge on any atom is -0.507 e. The lowest BCUT2D eigenvalue weighted by atomic mass is 9.95. The van der Waals surface area contributed by atoms with Crippen LogP contribution in [0.5, 0.6) is 17.2 Å². The number of aromatic amines is 1. The number of hydrogen-bond donors (Lipinski definition) is 2. The predicted octanol–water partition coefficient (Wildman–Crippen LogP) is 5.78. The fourth-order valence-electron chi connectivity index (χ4n) is 4.78. The topological polar surface area (TPSA) is 114 Å². The van der Waals surface area contributed by atoms with Crippen LogP contribution in [0.3, 0.4) is 0 Å². The molecule has 0 saturated carbocycles. The molecule has 4 aromatic rings. The number of unbranched alkanes of at least 4 members (excludes halogenated alkanes) is 2. The van der Waals surface area contributed by atoms with Gasteiger partial charge in [0.2, 0.25) is 5.95 Å². The Labute approximate surface area is 232 Å². The zero-order chi connectivity index (χ0) is 28.2. The van der Waals surface area contributed by atoms with Crippen molar-refractivity contribution in [1.29, 1.82) is 0 Å². The Hall–Kier alpha value is -4.79. The molecular formula is C31H31N3O6. The van der Waals surface area contributed by atoms with Gasteiger partial charge in [0.25, 0.3) is 5.78 Å². The lowest BCUT2D eigenvalue weighted by molar-refractivity contribution is -0.132. The molecule has 40 heavy (non-hydrogen) atoms. The first kappa shape index (κ1) is 26.8. The zero-order valence-electron chi connectivity index (χ0n) is 22.6. The first-order chi connectivity index (χ1) is 19.4. The number of anilines is 1. The van der Waals surface area contributed by atoms with Gasteiger partial charge < -0.3 is 24.3 Å². The molecule has 2 heterocycles. The number of Topliss-reactive ketones (excluding diaryl/α,β-unsaturated/α-hetero) is 1. The summed E-state index contributed by atoms with van der Waals surface area (Å²) in [6.07, 6.45) is 3.15. The van der Waals surface area contributed by atoms with Gasteiger partial charge in [0.1, 0.15) is 23.0 Å². The number of amides is 1. The van der Waals surface area contributed by atoms with Crippen LogP contribution in [-0.2, 0) is 9.59 Å². The highest BCUT2D eigenvalue weighted by Crippen LogP contribution is 2.42. The Bertz CT molecular complexity index is 1560. The van der Waals surface area contributed by atoms with Crippen molar-refractivity contribution in [3.8, 4) is 17.2 Å². The fourth-order valence-corrected chi connectivity index (χ4v) is 4.78. The first-order valence-corrected chi connectivity index (χ1v) is 13.2. The second-order valence-corrected chi connectivity index (χ2v) is 9.47. The number of fused-ring (bicyclic) bond motifs is 1. The van der Waals surface area contributed by atoms with Crippen LogP contribution in [0.4, 0.5) is 5.95 Å². The van der Waals surface area contributed by atoms with Gasteiger partial charge in [0, 0.05) is 11.6 Å². The molecule has 206 valence electrons. The van der Waals surface area contributed by atoms with E-state index in [1.165, 1.54) is 4.90 Å². The monoisotopic (exact) mass is 541 g/mol. The molecule has 1 unspecified atom stereocenters. The van der Waals surface area contributed by atoms with Crippen LogP contribution in [-0.4, -0.2) is 47.6 Å². The highest BCUT2D eigenvalue weighted by atomic mass is 16.5. The summed E-state index contributed by atoms with van der Waals surface area (Å²) >= 11 is 0. The van der Waals surface area contributed by atoms with Crippen molar-refractivity contribution >= 4 is 34.4 Å². The van der Waals surface area contributed by atoms with Crippen LogP contribution < -0.4 is 19.1 Å². The maximum absolute atomic E-state index is 13.5. The van der Waals surface area contributed by atoms with Crippen molar-refractivity contribution in [2.75, 3.05) is 25.7 Å². The molecule has 9 nitrogen and oxygen atoms in total. The Morgan fingerprint density at radius 2 is 1.60 bits per heavy atom. The number of nitrogens with zero attached hydrogens (tertiary/aromatic N) is 2. The van der Waals surface area contributed by atoms with Crippen molar-refractivity contribution in [3.05, 3.63) is 83.4 Å². The minimum atomic E-state index is -0.932. The number of aliphatic hydroxyl groups excluding tert-OH is 1. The number of methoxy groups -OCH3 is 2. The lowest BCUT2D eigenvalue weighted by Gasteiger charge is -2.23. The van der Waals surface area contributed by atoms with E-state index in [0.717, 1.165) is 19.3 Å². The van der Waals surface area contributed by atoms with Crippen LogP contribution in [0.25, 0.3) is 16.8 Å². The molecule has 0 aliphatic carbocycles. The molecule has 0 bridgehead atoms. The van der Waals surface area contributed by atoms with Gasteiger partial charge in [-0.1, -0.05) is 31.9 Å². The van der Waals surface area contributed by atoms with Crippen molar-refractivity contribution in [2.45, 2.75) is 32.2 Å². The van der Waals surface area contributed by atoms with Crippen LogP contribution in [0.2, 0.25) is 0 Å². The third-order valence-corrected chi connectivity index (χ3v) is 6.93. The molecular weight excluding hydrogens is 510 g/mol. The largest absolute Gasteiger partial charge is 0.507 e. The van der Waals surface area contributed by atoms with Crippen LogP contribution >= 0.6 is 0 Å². The fraction of sp³-hybridized carbons (Fsp3) is 0.258. The number of aliphatic hydroxyl groups is 1. The zero-order valence-corrected chi connectivity index (χ0v) is 22.6. The maximum atomic E-state index is 13.5. The van der Waals surface area contributed by atoms with E-state index < -0.39 is 17.7 Å². The van der Waals surface area contributed by atoms with Gasteiger partial charge in [-0.15, -0.1) is 0 Å². The number of hydrogen-bond acceptors (Lipinski definition) is 7. The number of nitrogens with one attached hydrogen (secondary N) is 1. The van der Waals surface area contributed by atoms with E-state index in [2.05, 4.69) is 16.9 Å². The number of H-pyrrole nitrogens is 1. The van der Waals surface area contributed by atoms with E-state index in [1.807, 2.05) is 0 Å². The molecule has 1 aliphatic heterocycles. The van der Waals surface area contributed by atoms with Crippen molar-refractivity contribution in [1.82, 2.24) is 9.97 Å². The highest BCUT2D eigenvalue weighted by Gasteiger charge is 2.48. The number of imidazole rings is 1. The molecule has 5 rings (SSSR count). The first-order valence-electron chi connectivity index (χ1n) is 13.2. The van der Waals surface area contributed by atoms with E-state index in [1.54, 1.807) is 80.9 Å². The van der Waals surface area contributed by atoms with Crippen molar-refractivity contribution in [3.63, 3.8) is 0 Å². The summed E-state index contributed by atoms with van der Waals surface area (Å²) < 4.78 is 16.4. The molecule has 1 saturated heterocycles. The van der Waals surface area contributed by atoms with Crippen molar-refractivity contribution < 1.29 is 28.9 Å². The lowest BCUT2D eigenvalue weighted by Crippen LogP contribution is -2.30. The summed E-state index contributed by atoms with van der Waals surface area (Å²) in [4.78, 5) is 36.0. The molecule has 1 atom stereocenters. The summed E-state index contributed by atoms with van der Waals surface area (Å²) in [5.74, 6) is 0.191. The Morgan fingerprint density at radius 1 is 0.925 bits per heavy atom. The average molecular weight is 542 g/mol. The predicted molar refractivity (Wildman–Crippen MR) is 152 cm³/mol. The molecule has 9 heteroatoms. The molecule has 1 fully saturated rings.